The topological polar surface area (TPSA) is 67.5 Å². The van der Waals surface area contributed by atoms with Crippen LogP contribution in [0, 0.1) is 0 Å². The number of fused-ring (bicyclic) bond motifs is 1. The minimum absolute atomic E-state index is 0.129. The molecule has 1 aromatic heterocycles. The summed E-state index contributed by atoms with van der Waals surface area (Å²) in [6.07, 6.45) is 0.804. The fraction of sp³-hybridized carbons (Fsp3) is 0.263. The number of carbonyl (C=O) groups excluding carboxylic acids is 1. The molecule has 3 aromatic rings. The predicted octanol–water partition coefficient (Wildman–Crippen LogP) is 3.73. The van der Waals surface area contributed by atoms with E-state index in [1.807, 2.05) is 43.3 Å². The molecule has 6 nitrogen and oxygen atoms in total. The summed E-state index contributed by atoms with van der Waals surface area (Å²) in [6.45, 7) is 0.416. The van der Waals surface area contributed by atoms with Gasteiger partial charge in [-0.3, -0.25) is 9.36 Å². The molecule has 0 unspecified atom stereocenters. The molecule has 136 valence electrons. The number of aryl methyl sites for hydroxylation is 1. The number of halogens is 1. The Balaban J connectivity index is 1.64. The smallest absolute Gasteiger partial charge is 0.408 e. The fourth-order valence-electron chi connectivity index (χ4n) is 2.91. The molecule has 0 atom stereocenters. The van der Waals surface area contributed by atoms with Gasteiger partial charge in [0.2, 0.25) is 5.91 Å². The number of hydrogen-bond acceptors (Lipinski definition) is 4. The standard InChI is InChI=1S/C19H20ClN3O3/c1-22(2)18-13(20)7-5-8-14(18)21-17(24)11-6-12-23-15-9-3-4-10-16(15)26-19(23)25/h3-5,7-10H,6,11-12H2,1-2H3,(H,21,24). The second-order valence-corrected chi connectivity index (χ2v) is 6.58. The lowest BCUT2D eigenvalue weighted by Crippen LogP contribution is -2.18. The molecule has 0 aliphatic carbocycles. The van der Waals surface area contributed by atoms with Crippen molar-refractivity contribution in [3.8, 4) is 0 Å². The number of para-hydroxylation sites is 3. The molecule has 0 bridgehead atoms. The monoisotopic (exact) mass is 373 g/mol. The van der Waals surface area contributed by atoms with Gasteiger partial charge in [-0.15, -0.1) is 0 Å². The first kappa shape index (κ1) is 18.1. The predicted molar refractivity (Wildman–Crippen MR) is 104 cm³/mol. The van der Waals surface area contributed by atoms with Gasteiger partial charge in [0.1, 0.15) is 0 Å². The molecule has 1 heterocycles. The maximum Gasteiger partial charge on any atom is 0.419 e. The van der Waals surface area contributed by atoms with E-state index in [2.05, 4.69) is 5.32 Å². The van der Waals surface area contributed by atoms with Gasteiger partial charge < -0.3 is 14.6 Å². The first-order valence-electron chi connectivity index (χ1n) is 8.31. The van der Waals surface area contributed by atoms with Crippen LogP contribution < -0.4 is 16.0 Å². The normalized spacial score (nSPS) is 10.9. The molecule has 0 aliphatic heterocycles. The van der Waals surface area contributed by atoms with Crippen LogP contribution in [0.1, 0.15) is 12.8 Å². The molecule has 0 saturated carbocycles. The Labute approximate surface area is 156 Å². The minimum atomic E-state index is -0.406. The van der Waals surface area contributed by atoms with E-state index >= 15 is 0 Å². The zero-order valence-corrected chi connectivity index (χ0v) is 15.4. The van der Waals surface area contributed by atoms with Crippen LogP contribution in [-0.4, -0.2) is 24.6 Å². The van der Waals surface area contributed by atoms with Crippen molar-refractivity contribution in [2.24, 2.45) is 0 Å². The summed E-state index contributed by atoms with van der Waals surface area (Å²) < 4.78 is 6.74. The van der Waals surface area contributed by atoms with Crippen molar-refractivity contribution in [1.29, 1.82) is 0 Å². The highest BCUT2D eigenvalue weighted by atomic mass is 35.5. The number of aromatic nitrogens is 1. The zero-order valence-electron chi connectivity index (χ0n) is 14.7. The summed E-state index contributed by atoms with van der Waals surface area (Å²) in [5, 5.41) is 3.46. The summed E-state index contributed by atoms with van der Waals surface area (Å²) in [4.78, 5) is 26.1. The van der Waals surface area contributed by atoms with Crippen molar-refractivity contribution >= 4 is 40.0 Å². The van der Waals surface area contributed by atoms with Crippen LogP contribution in [0.4, 0.5) is 11.4 Å². The van der Waals surface area contributed by atoms with E-state index in [9.17, 15) is 9.59 Å². The van der Waals surface area contributed by atoms with Crippen LogP contribution in [0.5, 0.6) is 0 Å². The Bertz CT molecular complexity index is 991. The lowest BCUT2D eigenvalue weighted by atomic mass is 10.2. The molecule has 1 N–H and O–H groups in total. The molecule has 0 spiro atoms. The third-order valence-corrected chi connectivity index (χ3v) is 4.37. The maximum atomic E-state index is 12.3. The van der Waals surface area contributed by atoms with Gasteiger partial charge in [0.05, 0.1) is 21.9 Å². The number of oxazole rings is 1. The van der Waals surface area contributed by atoms with E-state index in [4.69, 9.17) is 16.0 Å². The molecule has 2 aromatic carbocycles. The summed E-state index contributed by atoms with van der Waals surface area (Å²) in [7, 11) is 3.74. The number of nitrogens with zero attached hydrogens (tertiary/aromatic N) is 2. The van der Waals surface area contributed by atoms with Crippen molar-refractivity contribution in [3.63, 3.8) is 0 Å². The first-order valence-corrected chi connectivity index (χ1v) is 8.69. The minimum Gasteiger partial charge on any atom is -0.408 e. The van der Waals surface area contributed by atoms with Crippen molar-refractivity contribution < 1.29 is 9.21 Å². The molecular weight excluding hydrogens is 354 g/mol. The van der Waals surface area contributed by atoms with Crippen LogP contribution in [0.3, 0.4) is 0 Å². The molecule has 7 heteroatoms. The van der Waals surface area contributed by atoms with Crippen LogP contribution >= 0.6 is 11.6 Å². The van der Waals surface area contributed by atoms with E-state index in [-0.39, 0.29) is 12.3 Å². The lowest BCUT2D eigenvalue weighted by Gasteiger charge is -2.19. The summed E-state index contributed by atoms with van der Waals surface area (Å²) in [6, 6.07) is 12.6. The Morgan fingerprint density at radius 1 is 1.19 bits per heavy atom. The number of rotatable bonds is 6. The SMILES string of the molecule is CN(C)c1c(Cl)cccc1NC(=O)CCCn1c(=O)oc2ccccc21. The Morgan fingerprint density at radius 2 is 1.96 bits per heavy atom. The van der Waals surface area contributed by atoms with Crippen molar-refractivity contribution in [3.05, 3.63) is 58.0 Å². The Hall–Kier alpha value is -2.73. The molecule has 3 rings (SSSR count). The molecule has 26 heavy (non-hydrogen) atoms. The van der Waals surface area contributed by atoms with Gasteiger partial charge in [0.25, 0.3) is 0 Å². The van der Waals surface area contributed by atoms with Crippen LogP contribution in [0.15, 0.2) is 51.7 Å². The Kier molecular flexibility index (Phi) is 5.32. The molecule has 0 aliphatic rings. The van der Waals surface area contributed by atoms with E-state index in [1.165, 1.54) is 0 Å². The van der Waals surface area contributed by atoms with Crippen LogP contribution in [0.25, 0.3) is 11.1 Å². The van der Waals surface area contributed by atoms with E-state index in [0.29, 0.717) is 29.3 Å². The highest BCUT2D eigenvalue weighted by molar-refractivity contribution is 6.34. The van der Waals surface area contributed by atoms with Crippen molar-refractivity contribution in [2.75, 3.05) is 24.3 Å². The Morgan fingerprint density at radius 3 is 2.73 bits per heavy atom. The third kappa shape index (κ3) is 3.75. The number of nitrogens with one attached hydrogen (secondary N) is 1. The number of amides is 1. The van der Waals surface area contributed by atoms with Gasteiger partial charge in [0, 0.05) is 27.1 Å². The average molecular weight is 374 g/mol. The van der Waals surface area contributed by atoms with Gasteiger partial charge in [0.15, 0.2) is 5.58 Å². The lowest BCUT2D eigenvalue weighted by molar-refractivity contribution is -0.116. The van der Waals surface area contributed by atoms with E-state index in [1.54, 1.807) is 22.8 Å². The number of carbonyl (C=O) groups is 1. The zero-order chi connectivity index (χ0) is 18.7. The number of anilines is 2. The largest absolute Gasteiger partial charge is 0.419 e. The van der Waals surface area contributed by atoms with E-state index in [0.717, 1.165) is 11.2 Å². The van der Waals surface area contributed by atoms with Gasteiger partial charge in [-0.25, -0.2) is 4.79 Å². The van der Waals surface area contributed by atoms with Crippen LogP contribution in [-0.2, 0) is 11.3 Å². The molecule has 0 saturated heterocycles. The first-order chi connectivity index (χ1) is 12.5. The summed E-state index contributed by atoms with van der Waals surface area (Å²) in [5.41, 5.74) is 2.72. The molecule has 0 fully saturated rings. The highest BCUT2D eigenvalue weighted by Crippen LogP contribution is 2.32. The molecular formula is C19H20ClN3O3. The molecule has 1 amide bonds. The van der Waals surface area contributed by atoms with Gasteiger partial charge in [-0.1, -0.05) is 29.8 Å². The second kappa shape index (κ2) is 7.66. The van der Waals surface area contributed by atoms with Gasteiger partial charge >= 0.3 is 5.76 Å². The third-order valence-electron chi connectivity index (χ3n) is 4.07. The van der Waals surface area contributed by atoms with Crippen molar-refractivity contribution in [1.82, 2.24) is 4.57 Å². The van der Waals surface area contributed by atoms with Crippen LogP contribution in [0.2, 0.25) is 5.02 Å². The summed E-state index contributed by atoms with van der Waals surface area (Å²) in [5.74, 6) is -0.535. The van der Waals surface area contributed by atoms with Gasteiger partial charge in [-0.2, -0.15) is 0 Å². The van der Waals surface area contributed by atoms with Gasteiger partial charge in [-0.05, 0) is 30.7 Å². The van der Waals surface area contributed by atoms with Crippen molar-refractivity contribution in [2.45, 2.75) is 19.4 Å². The fourth-order valence-corrected chi connectivity index (χ4v) is 3.25. The summed E-state index contributed by atoms with van der Waals surface area (Å²) >= 11 is 6.21. The molecule has 0 radical (unpaired) electrons. The quantitative estimate of drug-likeness (QED) is 0.714. The average Bonchev–Trinajstić information content (AvgIpc) is 2.90. The number of benzene rings is 2. The van der Waals surface area contributed by atoms with E-state index < -0.39 is 5.76 Å². The second-order valence-electron chi connectivity index (χ2n) is 6.17. The number of hydrogen-bond donors (Lipinski definition) is 1. The highest BCUT2D eigenvalue weighted by Gasteiger charge is 2.13. The maximum absolute atomic E-state index is 12.3.